The van der Waals surface area contributed by atoms with E-state index in [-0.39, 0.29) is 24.4 Å². The summed E-state index contributed by atoms with van der Waals surface area (Å²) in [6.07, 6.45) is -2.91. The largest absolute Gasteiger partial charge is 0.415 e. The van der Waals surface area contributed by atoms with E-state index in [2.05, 4.69) is 104 Å². The van der Waals surface area contributed by atoms with E-state index in [1.807, 2.05) is 0 Å². The summed E-state index contributed by atoms with van der Waals surface area (Å²) in [6, 6.07) is 2.48. The third kappa shape index (κ3) is 10.4. The van der Waals surface area contributed by atoms with Crippen LogP contribution in [-0.2, 0) is 36.3 Å². The smallest absolute Gasteiger partial charge is 0.188 e. The van der Waals surface area contributed by atoms with Crippen LogP contribution in [0, 0.1) is 11.3 Å². The first kappa shape index (κ1) is 35.7. The van der Waals surface area contributed by atoms with Crippen LogP contribution < -0.4 is 0 Å². The topological polar surface area (TPSA) is 101 Å². The molecule has 3 rings (SSSR count). The maximum Gasteiger partial charge on any atom is 0.188 e. The summed E-state index contributed by atoms with van der Waals surface area (Å²) < 4.78 is 53.1. The lowest BCUT2D eigenvalue weighted by molar-refractivity contribution is -0.313. The Hall–Kier alpha value is 0.254. The number of epoxide rings is 1. The van der Waals surface area contributed by atoms with Gasteiger partial charge in [-0.3, -0.25) is 0 Å². The number of nitriles is 1. The molecule has 41 heavy (non-hydrogen) atoms. The number of fused-ring (bicyclic) bond motifs is 1. The fourth-order valence-corrected chi connectivity index (χ4v) is 10.4. The molecular formula is C27H57NO8Si5. The van der Waals surface area contributed by atoms with Gasteiger partial charge in [-0.15, -0.1) is 0 Å². The highest BCUT2D eigenvalue weighted by molar-refractivity contribution is 6.71. The lowest BCUT2D eigenvalue weighted by Gasteiger charge is -2.51. The highest BCUT2D eigenvalue weighted by Gasteiger charge is 2.69. The molecule has 1 saturated carbocycles. The number of rotatable bonds is 13. The van der Waals surface area contributed by atoms with E-state index >= 15 is 0 Å². The Morgan fingerprint density at radius 2 is 1.15 bits per heavy atom. The molecule has 3 fully saturated rings. The quantitative estimate of drug-likeness (QED) is 0.176. The standard InChI is InChI=1S/C27H57NO8Si5/c1-37(2,3)29-17-20-21(34-39(7,8)9)23(35-40(10,11)12)24(36-41(13,14)15)26(30-20)32-27(18-28)16-19(22-25(27)31-22)33-38(4,5)6/h19-26H,16-17H2,1-15H3/t19-,20-,21-,22-,23+,24-,25-,26+,27-/m1/s1. The second-order valence-corrected chi connectivity index (χ2v) is 39.0. The van der Waals surface area contributed by atoms with Gasteiger partial charge in [-0.1, -0.05) is 0 Å². The summed E-state index contributed by atoms with van der Waals surface area (Å²) in [7, 11) is -9.99. The summed E-state index contributed by atoms with van der Waals surface area (Å²) in [6.45, 7) is 32.8. The summed E-state index contributed by atoms with van der Waals surface area (Å²) in [5.41, 5.74) is -1.19. The Labute approximate surface area is 254 Å². The molecule has 0 aromatic heterocycles. The maximum absolute atomic E-state index is 10.6. The van der Waals surface area contributed by atoms with E-state index in [0.29, 0.717) is 13.0 Å². The first-order valence-corrected chi connectivity index (χ1v) is 32.1. The second kappa shape index (κ2) is 12.2. The minimum Gasteiger partial charge on any atom is -0.415 e. The van der Waals surface area contributed by atoms with Gasteiger partial charge in [0.2, 0.25) is 0 Å². The highest BCUT2D eigenvalue weighted by Crippen LogP contribution is 2.51. The second-order valence-electron chi connectivity index (χ2n) is 16.7. The number of hydrogen-bond acceptors (Lipinski definition) is 9. The van der Waals surface area contributed by atoms with Crippen molar-refractivity contribution in [1.29, 1.82) is 5.26 Å². The Bertz CT molecular complexity index is 948. The lowest BCUT2D eigenvalue weighted by Crippen LogP contribution is -2.67. The van der Waals surface area contributed by atoms with Gasteiger partial charge >= 0.3 is 0 Å². The van der Waals surface area contributed by atoms with Crippen LogP contribution in [0.3, 0.4) is 0 Å². The number of ether oxygens (including phenoxy) is 3. The van der Waals surface area contributed by atoms with Crippen LogP contribution in [0.1, 0.15) is 6.42 Å². The summed E-state index contributed by atoms with van der Waals surface area (Å²) in [5, 5.41) is 10.6. The fraction of sp³-hybridized carbons (Fsp3) is 0.963. The third-order valence-electron chi connectivity index (χ3n) is 6.62. The number of nitrogens with zero attached hydrogens (tertiary/aromatic N) is 1. The molecule has 0 aromatic carbocycles. The molecule has 2 saturated heterocycles. The minimum atomic E-state index is -2.13. The van der Waals surface area contributed by atoms with Crippen LogP contribution in [0.5, 0.6) is 0 Å². The first-order valence-electron chi connectivity index (χ1n) is 15.1. The Kier molecular flexibility index (Phi) is 10.6. The van der Waals surface area contributed by atoms with E-state index in [1.165, 1.54) is 0 Å². The third-order valence-corrected chi connectivity index (χ3v) is 11.6. The monoisotopic (exact) mass is 663 g/mol. The van der Waals surface area contributed by atoms with Gasteiger partial charge in [0.05, 0.1) is 12.7 Å². The first-order chi connectivity index (χ1) is 18.3. The molecule has 238 valence electrons. The minimum absolute atomic E-state index is 0.135. The zero-order valence-corrected chi connectivity index (χ0v) is 33.2. The highest BCUT2D eigenvalue weighted by atomic mass is 28.4. The molecule has 9 atom stereocenters. The van der Waals surface area contributed by atoms with Gasteiger partial charge in [-0.05, 0) is 98.2 Å². The van der Waals surface area contributed by atoms with Crippen molar-refractivity contribution in [2.75, 3.05) is 6.61 Å². The Morgan fingerprint density at radius 3 is 1.61 bits per heavy atom. The van der Waals surface area contributed by atoms with Crippen LogP contribution in [0.25, 0.3) is 0 Å². The molecule has 0 radical (unpaired) electrons. The van der Waals surface area contributed by atoms with Crippen LogP contribution in [0.2, 0.25) is 98.2 Å². The van der Waals surface area contributed by atoms with Gasteiger partial charge < -0.3 is 36.3 Å². The Morgan fingerprint density at radius 1 is 0.659 bits per heavy atom. The molecule has 0 unspecified atom stereocenters. The fourth-order valence-electron chi connectivity index (χ4n) is 5.40. The van der Waals surface area contributed by atoms with E-state index in [4.69, 9.17) is 36.3 Å². The van der Waals surface area contributed by atoms with E-state index < -0.39 is 71.8 Å². The summed E-state index contributed by atoms with van der Waals surface area (Å²) in [5.74, 6) is 0. The van der Waals surface area contributed by atoms with Gasteiger partial charge in [0, 0.05) is 6.42 Å². The van der Waals surface area contributed by atoms with Crippen molar-refractivity contribution >= 4 is 41.6 Å². The van der Waals surface area contributed by atoms with Crippen molar-refractivity contribution in [2.45, 2.75) is 159 Å². The van der Waals surface area contributed by atoms with Crippen LogP contribution in [0.15, 0.2) is 0 Å². The molecular weight excluding hydrogens is 607 g/mol. The molecule has 2 aliphatic heterocycles. The molecule has 0 spiro atoms. The predicted molar refractivity (Wildman–Crippen MR) is 174 cm³/mol. The van der Waals surface area contributed by atoms with Gasteiger partial charge in [-0.2, -0.15) is 5.26 Å². The number of hydrogen-bond donors (Lipinski definition) is 0. The Balaban J connectivity index is 2.04. The zero-order valence-electron chi connectivity index (χ0n) is 28.2. The zero-order chi connectivity index (χ0) is 31.4. The van der Waals surface area contributed by atoms with Crippen LogP contribution in [-0.4, -0.2) is 103 Å². The average molecular weight is 664 g/mol. The van der Waals surface area contributed by atoms with Crippen LogP contribution >= 0.6 is 0 Å². The molecule has 14 heteroatoms. The van der Waals surface area contributed by atoms with E-state index in [0.717, 1.165) is 0 Å². The van der Waals surface area contributed by atoms with Crippen molar-refractivity contribution in [3.8, 4) is 6.07 Å². The molecule has 0 aromatic rings. The van der Waals surface area contributed by atoms with Crippen molar-refractivity contribution in [3.05, 3.63) is 0 Å². The molecule has 0 amide bonds. The van der Waals surface area contributed by atoms with Crippen molar-refractivity contribution in [1.82, 2.24) is 0 Å². The van der Waals surface area contributed by atoms with Crippen molar-refractivity contribution < 1.29 is 36.3 Å². The van der Waals surface area contributed by atoms with Crippen LogP contribution in [0.4, 0.5) is 0 Å². The molecule has 3 aliphatic rings. The van der Waals surface area contributed by atoms with Gasteiger partial charge in [0.15, 0.2) is 53.5 Å². The van der Waals surface area contributed by atoms with Crippen molar-refractivity contribution in [3.63, 3.8) is 0 Å². The summed E-state index contributed by atoms with van der Waals surface area (Å²) >= 11 is 0. The molecule has 9 nitrogen and oxygen atoms in total. The molecule has 0 N–H and O–H groups in total. The van der Waals surface area contributed by atoms with Gasteiger partial charge in [0.25, 0.3) is 0 Å². The molecule has 0 bridgehead atoms. The van der Waals surface area contributed by atoms with E-state index in [9.17, 15) is 5.26 Å². The average Bonchev–Trinajstić information content (AvgIpc) is 3.48. The lowest BCUT2D eigenvalue weighted by atomic mass is 9.98. The van der Waals surface area contributed by atoms with Gasteiger partial charge in [-0.25, -0.2) is 0 Å². The molecule has 2 heterocycles. The SMILES string of the molecule is C[Si](C)(C)OC[C@H]1O[C@@H](O[C@@]2(C#N)C[C@@H](O[Si](C)(C)C)[C@H]3O[C@H]32)[C@H](O[Si](C)(C)C)[C@@H](O[Si](C)(C)C)[C@@H]1O[Si](C)(C)C. The predicted octanol–water partition coefficient (Wildman–Crippen LogP) is 5.89. The normalized spacial score (nSPS) is 36.6. The maximum atomic E-state index is 10.6. The van der Waals surface area contributed by atoms with Crippen molar-refractivity contribution in [2.24, 2.45) is 0 Å². The molecule has 1 aliphatic carbocycles. The van der Waals surface area contributed by atoms with Gasteiger partial charge in [0.1, 0.15) is 42.7 Å². The summed E-state index contributed by atoms with van der Waals surface area (Å²) in [4.78, 5) is 0. The van der Waals surface area contributed by atoms with E-state index in [1.54, 1.807) is 0 Å².